The number of rotatable bonds is 1. The smallest absolute Gasteiger partial charge is 0.347 e. The van der Waals surface area contributed by atoms with Gasteiger partial charge in [0.05, 0.1) is 7.11 Å². The lowest BCUT2D eigenvalue weighted by atomic mass is 10.1. The van der Waals surface area contributed by atoms with Crippen molar-refractivity contribution in [2.24, 2.45) is 0 Å². The molecule has 1 aliphatic heterocycles. The van der Waals surface area contributed by atoms with E-state index in [9.17, 15) is 4.79 Å². The zero-order valence-corrected chi connectivity index (χ0v) is 8.73. The summed E-state index contributed by atoms with van der Waals surface area (Å²) in [6.45, 7) is 0. The Morgan fingerprint density at radius 1 is 1.47 bits per heavy atom. The zero-order valence-electron chi connectivity index (χ0n) is 8.73. The van der Waals surface area contributed by atoms with E-state index >= 15 is 0 Å². The fourth-order valence-corrected chi connectivity index (χ4v) is 1.81. The maximum Gasteiger partial charge on any atom is 0.347 e. The van der Waals surface area contributed by atoms with Gasteiger partial charge < -0.3 is 9.47 Å². The molecule has 0 bridgehead atoms. The standard InChI is InChI=1S/C12H14O3/c1-14-12(13)11-8-4-6-9-5-2-3-7-10(9)15-11/h2-3,5,7,11H,4,6,8H2,1H3. The van der Waals surface area contributed by atoms with Crippen molar-refractivity contribution in [3.63, 3.8) is 0 Å². The monoisotopic (exact) mass is 206 g/mol. The minimum Gasteiger partial charge on any atom is -0.478 e. The number of hydrogen-bond donors (Lipinski definition) is 0. The van der Waals surface area contributed by atoms with Crippen LogP contribution in [0.25, 0.3) is 0 Å². The van der Waals surface area contributed by atoms with Gasteiger partial charge in [0.25, 0.3) is 0 Å². The Hall–Kier alpha value is -1.51. The van der Waals surface area contributed by atoms with Crippen molar-refractivity contribution >= 4 is 5.97 Å². The molecule has 0 spiro atoms. The highest BCUT2D eigenvalue weighted by Crippen LogP contribution is 2.26. The number of methoxy groups -OCH3 is 1. The molecule has 3 heteroatoms. The SMILES string of the molecule is COC(=O)C1CCCc2ccccc2O1. The third kappa shape index (κ3) is 2.12. The zero-order chi connectivity index (χ0) is 10.7. The third-order valence-electron chi connectivity index (χ3n) is 2.62. The summed E-state index contributed by atoms with van der Waals surface area (Å²) in [6.07, 6.45) is 2.19. The van der Waals surface area contributed by atoms with E-state index in [1.165, 1.54) is 12.7 Å². The summed E-state index contributed by atoms with van der Waals surface area (Å²) in [5, 5.41) is 0. The van der Waals surface area contributed by atoms with Gasteiger partial charge in [-0.25, -0.2) is 4.79 Å². The second kappa shape index (κ2) is 4.34. The summed E-state index contributed by atoms with van der Waals surface area (Å²) < 4.78 is 10.3. The van der Waals surface area contributed by atoms with E-state index in [4.69, 9.17) is 9.47 Å². The van der Waals surface area contributed by atoms with Crippen molar-refractivity contribution in [3.8, 4) is 5.75 Å². The molecule has 1 aromatic rings. The first-order valence-corrected chi connectivity index (χ1v) is 5.13. The molecule has 3 nitrogen and oxygen atoms in total. The van der Waals surface area contributed by atoms with E-state index in [0.29, 0.717) is 0 Å². The van der Waals surface area contributed by atoms with Crippen LogP contribution in [0, 0.1) is 0 Å². The van der Waals surface area contributed by atoms with Crippen LogP contribution < -0.4 is 4.74 Å². The molecule has 1 unspecified atom stereocenters. The lowest BCUT2D eigenvalue weighted by molar-refractivity contribution is -0.149. The molecule has 2 rings (SSSR count). The van der Waals surface area contributed by atoms with Crippen LogP contribution >= 0.6 is 0 Å². The van der Waals surface area contributed by atoms with E-state index in [1.807, 2.05) is 24.3 Å². The van der Waals surface area contributed by atoms with Crippen LogP contribution in [0.1, 0.15) is 18.4 Å². The van der Waals surface area contributed by atoms with Crippen molar-refractivity contribution < 1.29 is 14.3 Å². The van der Waals surface area contributed by atoms with Gasteiger partial charge in [-0.05, 0) is 30.9 Å². The summed E-state index contributed by atoms with van der Waals surface area (Å²) in [5.41, 5.74) is 1.17. The third-order valence-corrected chi connectivity index (χ3v) is 2.62. The second-order valence-corrected chi connectivity index (χ2v) is 3.63. The van der Waals surface area contributed by atoms with Crippen LogP contribution in [0.5, 0.6) is 5.75 Å². The molecule has 0 N–H and O–H groups in total. The molecule has 1 heterocycles. The first kappa shape index (κ1) is 10.0. The van der Waals surface area contributed by atoms with Gasteiger partial charge in [-0.3, -0.25) is 0 Å². The van der Waals surface area contributed by atoms with Gasteiger partial charge >= 0.3 is 5.97 Å². The Morgan fingerprint density at radius 3 is 3.07 bits per heavy atom. The van der Waals surface area contributed by atoms with Crippen LogP contribution in [-0.2, 0) is 16.0 Å². The summed E-state index contributed by atoms with van der Waals surface area (Å²) in [6, 6.07) is 7.84. The van der Waals surface area contributed by atoms with Gasteiger partial charge in [0.2, 0.25) is 0 Å². The van der Waals surface area contributed by atoms with Crippen LogP contribution in [0.2, 0.25) is 0 Å². The van der Waals surface area contributed by atoms with Crippen molar-refractivity contribution in [2.45, 2.75) is 25.4 Å². The van der Waals surface area contributed by atoms with E-state index < -0.39 is 6.10 Å². The molecule has 1 aromatic carbocycles. The summed E-state index contributed by atoms with van der Waals surface area (Å²) in [7, 11) is 1.39. The van der Waals surface area contributed by atoms with Crippen molar-refractivity contribution in [1.82, 2.24) is 0 Å². The topological polar surface area (TPSA) is 35.5 Å². The normalized spacial score (nSPS) is 19.7. The minimum absolute atomic E-state index is 0.285. The number of carbonyl (C=O) groups excluding carboxylic acids is 1. The maximum absolute atomic E-state index is 11.4. The highest BCUT2D eigenvalue weighted by atomic mass is 16.6. The molecule has 0 aliphatic carbocycles. The van der Waals surface area contributed by atoms with Gasteiger partial charge in [-0.1, -0.05) is 18.2 Å². The van der Waals surface area contributed by atoms with E-state index in [1.54, 1.807) is 0 Å². The Morgan fingerprint density at radius 2 is 2.27 bits per heavy atom. The van der Waals surface area contributed by atoms with E-state index in [0.717, 1.165) is 25.0 Å². The molecular weight excluding hydrogens is 192 g/mol. The van der Waals surface area contributed by atoms with Crippen molar-refractivity contribution in [2.75, 3.05) is 7.11 Å². The number of ether oxygens (including phenoxy) is 2. The lowest BCUT2D eigenvalue weighted by Crippen LogP contribution is -2.27. The quantitative estimate of drug-likeness (QED) is 0.659. The number of hydrogen-bond acceptors (Lipinski definition) is 3. The van der Waals surface area contributed by atoms with Gasteiger partial charge in [-0.2, -0.15) is 0 Å². The molecule has 0 amide bonds. The molecule has 0 fully saturated rings. The fourth-order valence-electron chi connectivity index (χ4n) is 1.81. The highest BCUT2D eigenvalue weighted by Gasteiger charge is 2.24. The van der Waals surface area contributed by atoms with Crippen molar-refractivity contribution in [3.05, 3.63) is 29.8 Å². The summed E-state index contributed by atoms with van der Waals surface area (Å²) in [5.74, 6) is 0.525. The molecule has 15 heavy (non-hydrogen) atoms. The maximum atomic E-state index is 11.4. The molecule has 0 saturated heterocycles. The van der Waals surface area contributed by atoms with Crippen LogP contribution in [-0.4, -0.2) is 19.2 Å². The Labute approximate surface area is 89.0 Å². The summed E-state index contributed by atoms with van der Waals surface area (Å²) >= 11 is 0. The molecule has 0 saturated carbocycles. The second-order valence-electron chi connectivity index (χ2n) is 3.63. The predicted octanol–water partition coefficient (Wildman–Crippen LogP) is 1.94. The fraction of sp³-hybridized carbons (Fsp3) is 0.417. The first-order valence-electron chi connectivity index (χ1n) is 5.13. The van der Waals surface area contributed by atoms with Crippen LogP contribution in [0.3, 0.4) is 0 Å². The number of para-hydroxylation sites is 1. The minimum atomic E-state index is -0.446. The van der Waals surface area contributed by atoms with Crippen LogP contribution in [0.4, 0.5) is 0 Å². The largest absolute Gasteiger partial charge is 0.478 e. The average Bonchev–Trinajstić information content (AvgIpc) is 2.49. The summed E-state index contributed by atoms with van der Waals surface area (Å²) in [4.78, 5) is 11.4. The Kier molecular flexibility index (Phi) is 2.90. The van der Waals surface area contributed by atoms with Gasteiger partial charge in [0, 0.05) is 0 Å². The van der Waals surface area contributed by atoms with E-state index in [-0.39, 0.29) is 5.97 Å². The molecule has 80 valence electrons. The number of esters is 1. The molecule has 0 radical (unpaired) electrons. The van der Waals surface area contributed by atoms with Gasteiger partial charge in [0.15, 0.2) is 6.10 Å². The van der Waals surface area contributed by atoms with Gasteiger partial charge in [-0.15, -0.1) is 0 Å². The Balaban J connectivity index is 2.21. The number of fused-ring (bicyclic) bond motifs is 1. The van der Waals surface area contributed by atoms with Crippen LogP contribution in [0.15, 0.2) is 24.3 Å². The lowest BCUT2D eigenvalue weighted by Gasteiger charge is -2.14. The number of benzene rings is 1. The number of aryl methyl sites for hydroxylation is 1. The van der Waals surface area contributed by atoms with Gasteiger partial charge in [0.1, 0.15) is 5.75 Å². The number of carbonyl (C=O) groups is 1. The predicted molar refractivity (Wildman–Crippen MR) is 55.8 cm³/mol. The average molecular weight is 206 g/mol. The highest BCUT2D eigenvalue weighted by molar-refractivity contribution is 5.75. The first-order chi connectivity index (χ1) is 7.31. The molecule has 0 aromatic heterocycles. The van der Waals surface area contributed by atoms with E-state index in [2.05, 4.69) is 0 Å². The molecular formula is C12H14O3. The van der Waals surface area contributed by atoms with Crippen molar-refractivity contribution in [1.29, 1.82) is 0 Å². The Bertz CT molecular complexity index is 360. The molecule has 1 aliphatic rings. The molecule has 1 atom stereocenters.